The van der Waals surface area contributed by atoms with E-state index in [2.05, 4.69) is 20.9 Å². The first-order valence-electron chi connectivity index (χ1n) is 11.9. The van der Waals surface area contributed by atoms with Gasteiger partial charge in [0.15, 0.2) is 5.96 Å². The van der Waals surface area contributed by atoms with Gasteiger partial charge in [-0.3, -0.25) is 19.4 Å². The van der Waals surface area contributed by atoms with E-state index in [9.17, 15) is 24.3 Å². The van der Waals surface area contributed by atoms with Gasteiger partial charge in [-0.15, -0.1) is 0 Å². The lowest BCUT2D eigenvalue weighted by molar-refractivity contribution is -0.142. The smallest absolute Gasteiger partial charge is 0.326 e. The van der Waals surface area contributed by atoms with Crippen LogP contribution in [0.3, 0.4) is 0 Å². The second kappa shape index (κ2) is 15.4. The van der Waals surface area contributed by atoms with Crippen molar-refractivity contribution >= 4 is 29.7 Å². The van der Waals surface area contributed by atoms with Crippen LogP contribution < -0.4 is 33.2 Å². The van der Waals surface area contributed by atoms with Gasteiger partial charge in [-0.25, -0.2) is 4.79 Å². The molecule has 5 unspecified atom stereocenters. The third-order valence-corrected chi connectivity index (χ3v) is 5.75. The number of hydrogen-bond donors (Lipinski definition) is 7. The number of carboxylic acids is 1. The van der Waals surface area contributed by atoms with Crippen LogP contribution in [0.5, 0.6) is 0 Å². The van der Waals surface area contributed by atoms with Gasteiger partial charge in [-0.2, -0.15) is 0 Å². The third kappa shape index (κ3) is 10.7. The maximum atomic E-state index is 13.0. The third-order valence-electron chi connectivity index (χ3n) is 5.75. The molecule has 0 heterocycles. The molecule has 12 nitrogen and oxygen atoms in total. The maximum absolute atomic E-state index is 13.0. The van der Waals surface area contributed by atoms with E-state index in [1.54, 1.807) is 31.2 Å². The molecule has 1 aromatic rings. The van der Waals surface area contributed by atoms with Gasteiger partial charge >= 0.3 is 5.97 Å². The molecular formula is C24H39N7O5. The first-order chi connectivity index (χ1) is 17.0. The summed E-state index contributed by atoms with van der Waals surface area (Å²) in [6.45, 7) is 5.42. The Balaban J connectivity index is 2.76. The highest BCUT2D eigenvalue weighted by Gasteiger charge is 2.31. The summed E-state index contributed by atoms with van der Waals surface area (Å²) in [7, 11) is 0. The van der Waals surface area contributed by atoms with Crippen LogP contribution in [0.1, 0.15) is 45.6 Å². The summed E-state index contributed by atoms with van der Waals surface area (Å²) in [4.78, 5) is 53.7. The summed E-state index contributed by atoms with van der Waals surface area (Å²) in [5.41, 5.74) is 17.1. The Labute approximate surface area is 211 Å². The van der Waals surface area contributed by atoms with Crippen LogP contribution in [0.2, 0.25) is 0 Å². The van der Waals surface area contributed by atoms with E-state index in [1.165, 1.54) is 6.92 Å². The number of hydrogen-bond acceptors (Lipinski definition) is 6. The van der Waals surface area contributed by atoms with Crippen LogP contribution >= 0.6 is 0 Å². The molecule has 0 saturated heterocycles. The van der Waals surface area contributed by atoms with Crippen molar-refractivity contribution in [1.82, 2.24) is 16.0 Å². The molecular weight excluding hydrogens is 466 g/mol. The molecule has 12 heteroatoms. The zero-order valence-corrected chi connectivity index (χ0v) is 21.1. The molecule has 10 N–H and O–H groups in total. The molecule has 5 atom stereocenters. The second-order valence-electron chi connectivity index (χ2n) is 8.75. The number of nitrogens with zero attached hydrogens (tertiary/aromatic N) is 1. The molecule has 0 spiro atoms. The number of aliphatic carboxylic acids is 1. The number of guanidine groups is 1. The predicted octanol–water partition coefficient (Wildman–Crippen LogP) is -0.785. The lowest BCUT2D eigenvalue weighted by Gasteiger charge is -2.27. The average molecular weight is 506 g/mol. The minimum absolute atomic E-state index is 0.0482. The SMILES string of the molecule is CCC(C)C(NC(=O)C(C)NC(=O)C(N)CCCN=C(N)N)C(=O)NC(Cc1ccccc1)C(=O)O. The van der Waals surface area contributed by atoms with Crippen molar-refractivity contribution in [3.8, 4) is 0 Å². The van der Waals surface area contributed by atoms with E-state index in [4.69, 9.17) is 17.2 Å². The Bertz CT molecular complexity index is 905. The summed E-state index contributed by atoms with van der Waals surface area (Å²) in [5.74, 6) is -3.26. The molecule has 0 aromatic heterocycles. The molecule has 0 aliphatic heterocycles. The van der Waals surface area contributed by atoms with Gasteiger partial charge in [0.25, 0.3) is 0 Å². The normalized spacial score (nSPS) is 14.9. The first kappa shape index (κ1) is 30.4. The van der Waals surface area contributed by atoms with E-state index in [0.29, 0.717) is 25.8 Å². The molecule has 0 aliphatic carbocycles. The summed E-state index contributed by atoms with van der Waals surface area (Å²) in [5, 5.41) is 17.3. The van der Waals surface area contributed by atoms with Crippen molar-refractivity contribution in [2.75, 3.05) is 6.54 Å². The van der Waals surface area contributed by atoms with E-state index in [0.717, 1.165) is 5.56 Å². The fourth-order valence-electron chi connectivity index (χ4n) is 3.33. The van der Waals surface area contributed by atoms with Gasteiger partial charge in [-0.1, -0.05) is 50.6 Å². The molecule has 0 saturated carbocycles. The van der Waals surface area contributed by atoms with Crippen molar-refractivity contribution in [2.24, 2.45) is 28.1 Å². The van der Waals surface area contributed by atoms with Crippen molar-refractivity contribution < 1.29 is 24.3 Å². The number of carbonyl (C=O) groups excluding carboxylic acids is 3. The Morgan fingerprint density at radius 2 is 1.61 bits per heavy atom. The van der Waals surface area contributed by atoms with Gasteiger partial charge in [0.05, 0.1) is 6.04 Å². The monoisotopic (exact) mass is 505 g/mol. The number of nitrogens with two attached hydrogens (primary N) is 3. The fourth-order valence-corrected chi connectivity index (χ4v) is 3.33. The van der Waals surface area contributed by atoms with Gasteiger partial charge in [0, 0.05) is 13.0 Å². The Hall–Kier alpha value is -3.67. The Kier molecular flexibility index (Phi) is 12.9. The summed E-state index contributed by atoms with van der Waals surface area (Å²) < 4.78 is 0. The number of benzene rings is 1. The standard InChI is InChI=1S/C24H39N7O5/c1-4-14(2)19(22(34)30-18(23(35)36)13-16-9-6-5-7-10-16)31-20(32)15(3)29-21(33)17(25)11-8-12-28-24(26)27/h5-7,9-10,14-15,17-19H,4,8,11-13,25H2,1-3H3,(H,29,33)(H,30,34)(H,31,32)(H,35,36)(H4,26,27,28). The number of amides is 3. The van der Waals surface area contributed by atoms with E-state index < -0.39 is 47.9 Å². The van der Waals surface area contributed by atoms with E-state index in [-0.39, 0.29) is 18.3 Å². The number of aliphatic imine (C=N–C) groups is 1. The van der Waals surface area contributed by atoms with Crippen molar-refractivity contribution in [3.05, 3.63) is 35.9 Å². The number of nitrogens with one attached hydrogen (secondary N) is 3. The highest BCUT2D eigenvalue weighted by Crippen LogP contribution is 2.10. The Morgan fingerprint density at radius 3 is 2.17 bits per heavy atom. The number of carboxylic acid groups (broad SMARTS) is 1. The van der Waals surface area contributed by atoms with Gasteiger partial charge < -0.3 is 38.3 Å². The lowest BCUT2D eigenvalue weighted by Crippen LogP contribution is -2.58. The molecule has 1 aromatic carbocycles. The van der Waals surface area contributed by atoms with Crippen LogP contribution in [0.4, 0.5) is 0 Å². The molecule has 36 heavy (non-hydrogen) atoms. The van der Waals surface area contributed by atoms with Gasteiger partial charge in [-0.05, 0) is 31.2 Å². The fraction of sp³-hybridized carbons (Fsp3) is 0.542. The van der Waals surface area contributed by atoms with Gasteiger partial charge in [0.1, 0.15) is 18.1 Å². The molecule has 0 aliphatic rings. The van der Waals surface area contributed by atoms with Crippen molar-refractivity contribution in [2.45, 2.75) is 70.6 Å². The van der Waals surface area contributed by atoms with E-state index >= 15 is 0 Å². The second-order valence-corrected chi connectivity index (χ2v) is 8.75. The zero-order valence-electron chi connectivity index (χ0n) is 21.1. The zero-order chi connectivity index (χ0) is 27.3. The van der Waals surface area contributed by atoms with Crippen LogP contribution in [0.25, 0.3) is 0 Å². The minimum Gasteiger partial charge on any atom is -0.480 e. The first-order valence-corrected chi connectivity index (χ1v) is 11.9. The molecule has 200 valence electrons. The van der Waals surface area contributed by atoms with Crippen molar-refractivity contribution in [3.63, 3.8) is 0 Å². The highest BCUT2D eigenvalue weighted by molar-refractivity contribution is 5.94. The van der Waals surface area contributed by atoms with Crippen molar-refractivity contribution in [1.29, 1.82) is 0 Å². The number of carbonyl (C=O) groups is 4. The number of rotatable bonds is 15. The van der Waals surface area contributed by atoms with Crippen LogP contribution in [-0.4, -0.2) is 65.5 Å². The minimum atomic E-state index is -1.18. The summed E-state index contributed by atoms with van der Waals surface area (Å²) in [6.07, 6.45) is 1.44. The molecule has 0 fully saturated rings. The highest BCUT2D eigenvalue weighted by atomic mass is 16.4. The molecule has 0 radical (unpaired) electrons. The molecule has 3 amide bonds. The lowest BCUT2D eigenvalue weighted by atomic mass is 9.97. The maximum Gasteiger partial charge on any atom is 0.326 e. The summed E-state index contributed by atoms with van der Waals surface area (Å²) >= 11 is 0. The average Bonchev–Trinajstić information content (AvgIpc) is 2.84. The summed E-state index contributed by atoms with van der Waals surface area (Å²) in [6, 6.07) is 4.92. The Morgan fingerprint density at radius 1 is 0.972 bits per heavy atom. The van der Waals surface area contributed by atoms with Crippen LogP contribution in [-0.2, 0) is 25.6 Å². The predicted molar refractivity (Wildman–Crippen MR) is 137 cm³/mol. The largest absolute Gasteiger partial charge is 0.480 e. The molecule has 1 rings (SSSR count). The van der Waals surface area contributed by atoms with Gasteiger partial charge in [0.2, 0.25) is 17.7 Å². The van der Waals surface area contributed by atoms with Crippen LogP contribution in [0, 0.1) is 5.92 Å². The van der Waals surface area contributed by atoms with Crippen LogP contribution in [0.15, 0.2) is 35.3 Å². The topological polar surface area (TPSA) is 215 Å². The molecule has 0 bridgehead atoms. The van der Waals surface area contributed by atoms with E-state index in [1.807, 2.05) is 13.0 Å². The quantitative estimate of drug-likeness (QED) is 0.0908.